The van der Waals surface area contributed by atoms with Crippen LogP contribution in [0, 0.1) is 33.3 Å². The molecule has 3 aromatic rings. The number of hydrogen-bond donors (Lipinski definition) is 0. The molecule has 0 aliphatic rings. The van der Waals surface area contributed by atoms with Crippen LogP contribution in [0.3, 0.4) is 0 Å². The molecule has 0 aliphatic heterocycles. The summed E-state index contributed by atoms with van der Waals surface area (Å²) in [4.78, 5) is 7.16. The van der Waals surface area contributed by atoms with Gasteiger partial charge >= 0.3 is 229 Å². The molecule has 3 rings (SSSR count). The molecule has 0 radical (unpaired) electrons. The Balaban J connectivity index is -0.00000103. The van der Waals surface area contributed by atoms with Crippen LogP contribution in [-0.2, 0) is 49.2 Å². The molecule has 8 heteroatoms. The van der Waals surface area contributed by atoms with E-state index in [0.717, 1.165) is 16.4 Å². The van der Waals surface area contributed by atoms with Crippen LogP contribution >= 0.6 is 0 Å². The average Bonchev–Trinajstić information content (AvgIpc) is 3.01. The Bertz CT molecular complexity index is 1120. The van der Waals surface area contributed by atoms with E-state index in [1.165, 1.54) is 36.0 Å². The van der Waals surface area contributed by atoms with Crippen LogP contribution in [0.25, 0.3) is 6.08 Å². The monoisotopic (exact) mass is 662 g/mol. The Morgan fingerprint density at radius 2 is 1.11 bits per heavy atom. The van der Waals surface area contributed by atoms with Crippen LogP contribution in [-0.4, -0.2) is 21.8 Å². The molecular weight excluding hydrogens is 640 g/mol. The van der Waals surface area contributed by atoms with Gasteiger partial charge < -0.3 is 0 Å². The fraction of sp³-hybridized carbons (Fsp3) is 0.0690. The molecule has 0 spiro atoms. The van der Waals surface area contributed by atoms with Crippen molar-refractivity contribution >= 4 is 15.9 Å². The molecule has 0 aromatic heterocycles. The summed E-state index contributed by atoms with van der Waals surface area (Å²) in [7, 11) is 2.09. The normalized spacial score (nSPS) is 8.68. The zero-order valence-corrected chi connectivity index (χ0v) is 22.8. The van der Waals surface area contributed by atoms with Crippen LogP contribution in [0.5, 0.6) is 0 Å². The maximum absolute atomic E-state index is 7.50. The van der Waals surface area contributed by atoms with Gasteiger partial charge in [0.25, 0.3) is 0 Å². The summed E-state index contributed by atoms with van der Waals surface area (Å²) in [5.41, 5.74) is 3.61. The van der Waals surface area contributed by atoms with E-state index in [9.17, 15) is 0 Å². The molecule has 0 amide bonds. The van der Waals surface area contributed by atoms with Gasteiger partial charge in [-0.25, -0.2) is 0 Å². The quantitative estimate of drug-likeness (QED) is 0.161. The van der Waals surface area contributed by atoms with Gasteiger partial charge in [0.2, 0.25) is 0 Å². The average molecular weight is 662 g/mol. The number of likely N-dealkylation sites (N-methyl/N-ethyl adjacent to an activating group) is 1. The predicted molar refractivity (Wildman–Crippen MR) is 131 cm³/mol. The van der Waals surface area contributed by atoms with E-state index in [-0.39, 0.29) is 0 Å². The summed E-state index contributed by atoms with van der Waals surface area (Å²) < 4.78 is 38.6. The molecule has 0 saturated carbocycles. The molecule has 37 heavy (non-hydrogen) atoms. The first-order valence-electron chi connectivity index (χ1n) is 9.91. The topological polar surface area (TPSA) is 115 Å². The molecule has 0 saturated heterocycles. The maximum atomic E-state index is 7.50. The van der Waals surface area contributed by atoms with Gasteiger partial charge in [-0.15, -0.1) is 0 Å². The van der Waals surface area contributed by atoms with E-state index in [4.69, 9.17) is 28.3 Å². The molecule has 0 atom stereocenters. The number of hydrogen-bond acceptors (Lipinski definition) is 1. The molecule has 0 bridgehead atoms. The zero-order chi connectivity index (χ0) is 28.9. The standard InChI is InChI=1S/C24H22N2.5CO.W/c1-26(20-23-15-9-4-10-16-23)24(18-17-21-11-5-2-6-12-21)25-19-22-13-7-3-8-14-22;5*1-2;/h2-18H,20H2,1H3;;;;;;/b18-17+;;;;;;. The molecule has 0 unspecified atom stereocenters. The Labute approximate surface area is 228 Å². The Kier molecular flexibility index (Phi) is 28.9. The third-order valence-electron chi connectivity index (χ3n) is 4.11. The molecule has 0 N–H and O–H groups in total. The van der Waals surface area contributed by atoms with Crippen LogP contribution < -0.4 is 0 Å². The van der Waals surface area contributed by atoms with E-state index in [1.54, 1.807) is 0 Å². The fourth-order valence-electron chi connectivity index (χ4n) is 2.67. The molecule has 7 nitrogen and oxygen atoms in total. The van der Waals surface area contributed by atoms with Gasteiger partial charge in [0, 0.05) is 0 Å². The Morgan fingerprint density at radius 1 is 0.703 bits per heavy atom. The summed E-state index contributed by atoms with van der Waals surface area (Å²) in [6, 6.07) is 31.2. The van der Waals surface area contributed by atoms with Crippen LogP contribution in [0.4, 0.5) is 0 Å². The van der Waals surface area contributed by atoms with E-state index in [0.29, 0.717) is 0 Å². The summed E-state index contributed by atoms with van der Waals surface area (Å²) >= 11 is 1.36. The first kappa shape index (κ1) is 37.7. The summed E-state index contributed by atoms with van der Waals surface area (Å²) in [5, 5.41) is 0. The van der Waals surface area contributed by atoms with Crippen molar-refractivity contribution in [3.63, 3.8) is 0 Å². The van der Waals surface area contributed by atoms with Crippen molar-refractivity contribution in [1.29, 1.82) is 0 Å². The fourth-order valence-corrected chi connectivity index (χ4v) is 3.50. The first-order chi connectivity index (χ1) is 18.2. The molecule has 184 valence electrons. The van der Waals surface area contributed by atoms with Gasteiger partial charge in [0.15, 0.2) is 0 Å². The van der Waals surface area contributed by atoms with Gasteiger partial charge in [-0.2, -0.15) is 0 Å². The van der Waals surface area contributed by atoms with Crippen molar-refractivity contribution < 1.29 is 42.6 Å². The third-order valence-corrected chi connectivity index (χ3v) is 5.29. The minimum atomic E-state index is 0.816. The van der Waals surface area contributed by atoms with Crippen LogP contribution in [0.1, 0.15) is 16.7 Å². The summed E-state index contributed by atoms with van der Waals surface area (Å²) in [6.07, 6.45) is 4.22. The van der Waals surface area contributed by atoms with Crippen molar-refractivity contribution in [2.45, 2.75) is 6.54 Å². The van der Waals surface area contributed by atoms with Crippen molar-refractivity contribution in [1.82, 2.24) is 4.90 Å². The van der Waals surface area contributed by atoms with Crippen LogP contribution in [0.15, 0.2) is 102 Å². The molecule has 3 aromatic carbocycles. The zero-order valence-electron chi connectivity index (χ0n) is 19.9. The van der Waals surface area contributed by atoms with E-state index < -0.39 is 0 Å². The van der Waals surface area contributed by atoms with E-state index in [1.807, 2.05) is 18.2 Å². The predicted octanol–water partition coefficient (Wildman–Crippen LogP) is 4.77. The molecule has 0 fully saturated rings. The van der Waals surface area contributed by atoms with Crippen molar-refractivity contribution in [3.8, 4) is 0 Å². The van der Waals surface area contributed by atoms with Crippen molar-refractivity contribution in [2.24, 2.45) is 4.99 Å². The van der Waals surface area contributed by atoms with Gasteiger partial charge in [0.1, 0.15) is 0 Å². The van der Waals surface area contributed by atoms with E-state index >= 15 is 0 Å². The van der Waals surface area contributed by atoms with Gasteiger partial charge in [-0.05, 0) is 0 Å². The Hall–Kier alpha value is -3.87. The molecule has 0 aliphatic carbocycles. The molecule has 0 heterocycles. The number of amidine groups is 1. The van der Waals surface area contributed by atoms with Crippen molar-refractivity contribution in [2.75, 3.05) is 7.05 Å². The summed E-state index contributed by atoms with van der Waals surface area (Å²) in [5.74, 6) is 0.955. The number of rotatable bonds is 6. The molecular formula is C29H22N2O5W. The van der Waals surface area contributed by atoms with Gasteiger partial charge in [0.05, 0.1) is 0 Å². The number of nitrogens with zero attached hydrogens (tertiary/aromatic N) is 2. The number of aliphatic imine (C=N–C) groups is 1. The second-order valence-corrected chi connectivity index (χ2v) is 7.62. The van der Waals surface area contributed by atoms with Crippen molar-refractivity contribution in [3.05, 3.63) is 147 Å². The number of benzene rings is 3. The third kappa shape index (κ3) is 17.2. The minimum absolute atomic E-state index is 0.816. The SMILES string of the molecule is CN(Cc1ccccc1)C(/C=C/c1ccccc1)=N[C](=[W])c1ccccc1.[C-]#[O+].[C-]#[O+].[C-]#[O+].[C-]#[O+].[C-]#[O+]. The summed E-state index contributed by atoms with van der Waals surface area (Å²) in [6.45, 7) is 23.3. The van der Waals surface area contributed by atoms with Crippen LogP contribution in [0.2, 0.25) is 0 Å². The second kappa shape index (κ2) is 28.4. The second-order valence-electron chi connectivity index (χ2n) is 6.23. The van der Waals surface area contributed by atoms with Gasteiger partial charge in [-0.3, -0.25) is 0 Å². The van der Waals surface area contributed by atoms with E-state index in [2.05, 4.69) is 130 Å². The first-order valence-corrected chi connectivity index (χ1v) is 11.4. The Morgan fingerprint density at radius 3 is 1.57 bits per heavy atom. The van der Waals surface area contributed by atoms with Gasteiger partial charge in [-0.1, -0.05) is 0 Å².